The molecule has 4 heterocycles. The molecule has 6 rings (SSSR count). The van der Waals surface area contributed by atoms with E-state index in [9.17, 15) is 24.6 Å². The summed E-state index contributed by atoms with van der Waals surface area (Å²) in [5.74, 6) is -3.36. The second-order valence-electron chi connectivity index (χ2n) is 10.5. The van der Waals surface area contributed by atoms with Gasteiger partial charge < -0.3 is 42.0 Å². The van der Waals surface area contributed by atoms with Crippen LogP contribution in [0.1, 0.15) is 28.8 Å². The van der Waals surface area contributed by atoms with Crippen LogP contribution in [0, 0.1) is 6.92 Å². The van der Waals surface area contributed by atoms with Gasteiger partial charge in [0.2, 0.25) is 17.6 Å². The van der Waals surface area contributed by atoms with Crippen LogP contribution >= 0.6 is 0 Å². The van der Waals surface area contributed by atoms with E-state index in [1.54, 1.807) is 30.3 Å². The number of aliphatic imine (C=N–C) groups is 2. The van der Waals surface area contributed by atoms with Gasteiger partial charge in [0, 0.05) is 19.4 Å². The third-order valence-electron chi connectivity index (χ3n) is 8.08. The first-order valence-corrected chi connectivity index (χ1v) is 13.2. The van der Waals surface area contributed by atoms with Gasteiger partial charge in [0.1, 0.15) is 23.6 Å². The molecule has 3 unspecified atom stereocenters. The maximum Gasteiger partial charge on any atom is 0.255 e. The molecule has 14 heteroatoms. The number of benzene rings is 2. The number of nitrogens with two attached hydrogens (primary N) is 2. The summed E-state index contributed by atoms with van der Waals surface area (Å²) in [5.41, 5.74) is 11.5. The lowest BCUT2D eigenvalue weighted by Gasteiger charge is -2.49. The highest BCUT2D eigenvalue weighted by Crippen LogP contribution is 2.45. The third-order valence-corrected chi connectivity index (χ3v) is 8.08. The van der Waals surface area contributed by atoms with E-state index in [1.165, 1.54) is 4.90 Å². The number of likely N-dealkylation sites (tertiary alicyclic amines) is 1. The maximum atomic E-state index is 13.5. The van der Waals surface area contributed by atoms with Gasteiger partial charge in [-0.05, 0) is 30.7 Å². The summed E-state index contributed by atoms with van der Waals surface area (Å²) >= 11 is 0. The Labute approximate surface area is 234 Å². The van der Waals surface area contributed by atoms with Crippen molar-refractivity contribution in [2.45, 2.75) is 49.3 Å². The molecule has 214 valence electrons. The predicted octanol–water partition coefficient (Wildman–Crippen LogP) is -1.29. The second-order valence-corrected chi connectivity index (χ2v) is 10.5. The van der Waals surface area contributed by atoms with Gasteiger partial charge in [0.25, 0.3) is 5.91 Å². The number of ether oxygens (including phenoxy) is 1. The SMILES string of the molecule is Cc1ccccc1Oc1ccccc1C(=O)NC1CN2C(N)=N[C@@H](CN3C(=O)CCC3=O)C3N=C(N)NC32C1(O)O. The Morgan fingerprint density at radius 3 is 2.44 bits per heavy atom. The molecule has 4 aliphatic heterocycles. The maximum absolute atomic E-state index is 13.5. The van der Waals surface area contributed by atoms with Gasteiger partial charge in [-0.3, -0.25) is 19.3 Å². The average Bonchev–Trinajstić information content (AvgIpc) is 3.53. The van der Waals surface area contributed by atoms with Crippen LogP contribution in [0.15, 0.2) is 58.5 Å². The molecule has 0 saturated carbocycles. The number of rotatable bonds is 6. The van der Waals surface area contributed by atoms with E-state index in [4.69, 9.17) is 16.2 Å². The highest BCUT2D eigenvalue weighted by atomic mass is 16.5. The zero-order valence-electron chi connectivity index (χ0n) is 22.2. The first-order valence-electron chi connectivity index (χ1n) is 13.2. The highest BCUT2D eigenvalue weighted by Gasteiger charge is 2.73. The summed E-state index contributed by atoms with van der Waals surface area (Å²) in [6, 6.07) is 10.7. The number of nitrogens with one attached hydrogen (secondary N) is 2. The minimum atomic E-state index is -2.68. The number of guanidine groups is 2. The van der Waals surface area contributed by atoms with E-state index < -0.39 is 35.5 Å². The number of aryl methyl sites for hydroxylation is 1. The molecule has 41 heavy (non-hydrogen) atoms. The average molecular weight is 563 g/mol. The van der Waals surface area contributed by atoms with Crippen LogP contribution in [0.5, 0.6) is 11.5 Å². The van der Waals surface area contributed by atoms with Gasteiger partial charge in [-0.2, -0.15) is 0 Å². The molecule has 0 aromatic heterocycles. The number of amides is 3. The summed E-state index contributed by atoms with van der Waals surface area (Å²) in [4.78, 5) is 49.4. The van der Waals surface area contributed by atoms with E-state index in [1.807, 2.05) is 25.1 Å². The first-order chi connectivity index (χ1) is 19.5. The third kappa shape index (κ3) is 4.05. The molecule has 4 aliphatic rings. The van der Waals surface area contributed by atoms with Crippen molar-refractivity contribution in [3.05, 3.63) is 59.7 Å². The number of nitrogens with zero attached hydrogens (tertiary/aromatic N) is 4. The van der Waals surface area contributed by atoms with Crippen molar-refractivity contribution in [1.82, 2.24) is 20.4 Å². The molecule has 8 N–H and O–H groups in total. The fraction of sp³-hybridized carbons (Fsp3) is 0.370. The van der Waals surface area contributed by atoms with Gasteiger partial charge in [-0.15, -0.1) is 0 Å². The van der Waals surface area contributed by atoms with E-state index >= 15 is 0 Å². The highest BCUT2D eigenvalue weighted by molar-refractivity contribution is 6.02. The van der Waals surface area contributed by atoms with Crippen LogP contribution in [0.4, 0.5) is 0 Å². The molecule has 0 radical (unpaired) electrons. The molecular weight excluding hydrogens is 532 g/mol. The van der Waals surface area contributed by atoms with Crippen LogP contribution in [0.25, 0.3) is 0 Å². The summed E-state index contributed by atoms with van der Waals surface area (Å²) in [7, 11) is 0. The van der Waals surface area contributed by atoms with Crippen LogP contribution in [0.3, 0.4) is 0 Å². The molecule has 1 spiro atoms. The van der Waals surface area contributed by atoms with E-state index in [2.05, 4.69) is 20.6 Å². The number of hydrogen-bond acceptors (Lipinski definition) is 12. The van der Waals surface area contributed by atoms with Gasteiger partial charge in [-0.1, -0.05) is 30.3 Å². The number of aliphatic hydroxyl groups is 2. The van der Waals surface area contributed by atoms with E-state index in [0.29, 0.717) is 5.75 Å². The van der Waals surface area contributed by atoms with Gasteiger partial charge in [0.05, 0.1) is 18.2 Å². The summed E-state index contributed by atoms with van der Waals surface area (Å²) in [5, 5.41) is 28.9. The lowest BCUT2D eigenvalue weighted by Crippen LogP contribution is -2.78. The lowest BCUT2D eigenvalue weighted by atomic mass is 9.84. The van der Waals surface area contributed by atoms with Crippen molar-refractivity contribution < 1.29 is 29.3 Å². The minimum absolute atomic E-state index is 0.0867. The quantitative estimate of drug-likeness (QED) is 0.181. The molecule has 2 fully saturated rings. The Bertz CT molecular complexity index is 1490. The Balaban J connectivity index is 1.29. The smallest absolute Gasteiger partial charge is 0.255 e. The second kappa shape index (κ2) is 9.45. The number of carbonyl (C=O) groups is 3. The van der Waals surface area contributed by atoms with Crippen molar-refractivity contribution in [3.8, 4) is 11.5 Å². The topological polar surface area (TPSA) is 208 Å². The fourth-order valence-electron chi connectivity index (χ4n) is 6.02. The Morgan fingerprint density at radius 1 is 1.07 bits per heavy atom. The Hall–Kier alpha value is -4.69. The molecule has 14 nitrogen and oxygen atoms in total. The molecular formula is C27H30N8O6. The Kier molecular flexibility index (Phi) is 6.12. The zero-order valence-corrected chi connectivity index (χ0v) is 22.2. The molecule has 0 bridgehead atoms. The van der Waals surface area contributed by atoms with Gasteiger partial charge in [0.15, 0.2) is 17.6 Å². The normalized spacial score (nSPS) is 28.0. The van der Waals surface area contributed by atoms with Crippen LogP contribution in [-0.2, 0) is 9.59 Å². The van der Waals surface area contributed by atoms with Gasteiger partial charge >= 0.3 is 0 Å². The molecule has 3 amide bonds. The molecule has 2 aromatic carbocycles. The molecule has 2 aromatic rings. The summed E-state index contributed by atoms with van der Waals surface area (Å²) < 4.78 is 6.02. The van der Waals surface area contributed by atoms with Crippen LogP contribution < -0.4 is 26.8 Å². The van der Waals surface area contributed by atoms with Crippen molar-refractivity contribution in [3.63, 3.8) is 0 Å². The largest absolute Gasteiger partial charge is 0.456 e. The monoisotopic (exact) mass is 562 g/mol. The molecule has 4 atom stereocenters. The van der Waals surface area contributed by atoms with Crippen molar-refractivity contribution in [2.24, 2.45) is 21.5 Å². The number of hydrogen-bond donors (Lipinski definition) is 6. The summed E-state index contributed by atoms with van der Waals surface area (Å²) in [6.45, 7) is 1.56. The van der Waals surface area contributed by atoms with Crippen LogP contribution in [0.2, 0.25) is 0 Å². The van der Waals surface area contributed by atoms with E-state index in [0.717, 1.165) is 10.5 Å². The van der Waals surface area contributed by atoms with Crippen molar-refractivity contribution >= 4 is 29.6 Å². The van der Waals surface area contributed by atoms with Crippen molar-refractivity contribution in [1.29, 1.82) is 0 Å². The number of imide groups is 1. The molecule has 2 saturated heterocycles. The number of carbonyl (C=O) groups excluding carboxylic acids is 3. The standard InChI is InChI=1S/C27H30N8O6/c1-14-6-2-4-8-17(14)41-18-9-5-3-7-15(18)23(38)31-19-13-35-25(29)30-16(12-34-20(36)10-11-21(34)37)22-26(35,27(19,39)40)33-24(28)32-22/h2-9,16,19,22,39-40H,10-13H2,1H3,(H2,29,30)(H,31,38)(H3,28,32,33)/t16-,19?,22?,26?/m0/s1. The Morgan fingerprint density at radius 2 is 1.73 bits per heavy atom. The minimum Gasteiger partial charge on any atom is -0.456 e. The first kappa shape index (κ1) is 26.5. The fourth-order valence-corrected chi connectivity index (χ4v) is 6.02. The summed E-state index contributed by atoms with van der Waals surface area (Å²) in [6.07, 6.45) is 0.173. The van der Waals surface area contributed by atoms with E-state index in [-0.39, 0.29) is 61.0 Å². The molecule has 0 aliphatic carbocycles. The lowest BCUT2D eigenvalue weighted by molar-refractivity contribution is -0.230. The van der Waals surface area contributed by atoms with Crippen LogP contribution in [-0.4, -0.2) is 92.3 Å². The van der Waals surface area contributed by atoms with Gasteiger partial charge in [-0.25, -0.2) is 9.98 Å². The van der Waals surface area contributed by atoms with Crippen molar-refractivity contribution in [2.75, 3.05) is 13.1 Å². The zero-order chi connectivity index (χ0) is 29.1. The number of para-hydroxylation sites is 2. The predicted molar refractivity (Wildman–Crippen MR) is 145 cm³/mol.